The summed E-state index contributed by atoms with van der Waals surface area (Å²) in [7, 11) is 4.52. The highest BCUT2D eigenvalue weighted by Crippen LogP contribution is 2.49. The molecule has 0 aromatic rings. The molecule has 1 unspecified atom stereocenters. The van der Waals surface area contributed by atoms with Gasteiger partial charge in [0.15, 0.2) is 0 Å². The summed E-state index contributed by atoms with van der Waals surface area (Å²) < 4.78 is 0. The first-order chi connectivity index (χ1) is 7.69. The van der Waals surface area contributed by atoms with Gasteiger partial charge in [-0.2, -0.15) is 0 Å². The molecule has 0 radical (unpaired) electrons. The Kier molecular flexibility index (Phi) is 3.91. The van der Waals surface area contributed by atoms with Crippen LogP contribution in [0.15, 0.2) is 0 Å². The molecule has 0 bridgehead atoms. The lowest BCUT2D eigenvalue weighted by molar-refractivity contribution is -0.0151. The third-order valence-corrected chi connectivity index (χ3v) is 5.04. The molecule has 0 aromatic heterocycles. The smallest absolute Gasteiger partial charge is 0.0186 e. The van der Waals surface area contributed by atoms with Crippen molar-refractivity contribution in [3.8, 4) is 0 Å². The van der Waals surface area contributed by atoms with Gasteiger partial charge in [0.1, 0.15) is 0 Å². The van der Waals surface area contributed by atoms with Crippen molar-refractivity contribution in [2.24, 2.45) is 17.1 Å². The van der Waals surface area contributed by atoms with Crippen molar-refractivity contribution in [2.45, 2.75) is 57.4 Å². The molecule has 0 aliphatic heterocycles. The molecule has 16 heavy (non-hydrogen) atoms. The lowest BCUT2D eigenvalue weighted by Gasteiger charge is -2.53. The fraction of sp³-hybridized carbons (Fsp3) is 1.00. The molecular weight excluding hydrogens is 196 g/mol. The second-order valence-corrected chi connectivity index (χ2v) is 6.23. The number of rotatable bonds is 4. The van der Waals surface area contributed by atoms with E-state index in [0.717, 1.165) is 18.5 Å². The van der Waals surface area contributed by atoms with Gasteiger partial charge in [0.05, 0.1) is 0 Å². The van der Waals surface area contributed by atoms with Crippen LogP contribution in [0.2, 0.25) is 0 Å². The summed E-state index contributed by atoms with van der Waals surface area (Å²) in [5.41, 5.74) is 6.55. The molecule has 2 N–H and O–H groups in total. The van der Waals surface area contributed by atoms with Gasteiger partial charge in [-0.3, -0.25) is 0 Å². The molecule has 94 valence electrons. The minimum Gasteiger partial charge on any atom is -0.330 e. The third-order valence-electron chi connectivity index (χ3n) is 5.04. The summed E-state index contributed by atoms with van der Waals surface area (Å²) in [6, 6.07) is 0.742. The Labute approximate surface area is 101 Å². The molecule has 2 saturated carbocycles. The first-order valence-electron chi connectivity index (χ1n) is 7.06. The molecule has 2 heteroatoms. The second kappa shape index (κ2) is 5.05. The van der Waals surface area contributed by atoms with Crippen molar-refractivity contribution in [3.63, 3.8) is 0 Å². The van der Waals surface area contributed by atoms with Crippen LogP contribution in [-0.2, 0) is 0 Å². The van der Waals surface area contributed by atoms with Gasteiger partial charge in [-0.1, -0.05) is 25.7 Å². The van der Waals surface area contributed by atoms with Crippen LogP contribution in [-0.4, -0.2) is 31.6 Å². The molecule has 2 fully saturated rings. The van der Waals surface area contributed by atoms with Crippen molar-refractivity contribution >= 4 is 0 Å². The number of hydrogen-bond donors (Lipinski definition) is 1. The maximum atomic E-state index is 6.09. The second-order valence-electron chi connectivity index (χ2n) is 6.23. The lowest BCUT2D eigenvalue weighted by atomic mass is 9.59. The molecule has 0 heterocycles. The summed E-state index contributed by atoms with van der Waals surface area (Å²) in [4.78, 5) is 2.47. The SMILES string of the molecule is CN(C)C(C1CCCCC1)C1(CN)CCC1. The van der Waals surface area contributed by atoms with E-state index >= 15 is 0 Å². The van der Waals surface area contributed by atoms with E-state index in [1.54, 1.807) is 0 Å². The fourth-order valence-corrected chi connectivity index (χ4v) is 4.17. The van der Waals surface area contributed by atoms with Crippen molar-refractivity contribution in [1.82, 2.24) is 4.90 Å². The molecule has 0 spiro atoms. The highest BCUT2D eigenvalue weighted by molar-refractivity contribution is 5.01. The summed E-state index contributed by atoms with van der Waals surface area (Å²) in [5.74, 6) is 0.910. The highest BCUT2D eigenvalue weighted by atomic mass is 15.1. The zero-order valence-electron chi connectivity index (χ0n) is 11.0. The monoisotopic (exact) mass is 224 g/mol. The largest absolute Gasteiger partial charge is 0.330 e. The van der Waals surface area contributed by atoms with Gasteiger partial charge in [0.25, 0.3) is 0 Å². The Morgan fingerprint density at radius 2 is 1.75 bits per heavy atom. The van der Waals surface area contributed by atoms with Crippen LogP contribution in [0.5, 0.6) is 0 Å². The van der Waals surface area contributed by atoms with Crippen molar-refractivity contribution in [1.29, 1.82) is 0 Å². The summed E-state index contributed by atoms with van der Waals surface area (Å²) in [6.07, 6.45) is 11.3. The average Bonchev–Trinajstić information content (AvgIpc) is 2.24. The summed E-state index contributed by atoms with van der Waals surface area (Å²) in [6.45, 7) is 0.895. The molecule has 2 nitrogen and oxygen atoms in total. The Hall–Kier alpha value is -0.0800. The van der Waals surface area contributed by atoms with Crippen molar-refractivity contribution in [3.05, 3.63) is 0 Å². The molecule has 2 aliphatic carbocycles. The zero-order valence-corrected chi connectivity index (χ0v) is 11.0. The first-order valence-corrected chi connectivity index (χ1v) is 7.06. The van der Waals surface area contributed by atoms with Crippen LogP contribution >= 0.6 is 0 Å². The van der Waals surface area contributed by atoms with Crippen molar-refractivity contribution in [2.75, 3.05) is 20.6 Å². The first kappa shape index (κ1) is 12.4. The molecule has 2 aliphatic rings. The van der Waals surface area contributed by atoms with Gasteiger partial charge >= 0.3 is 0 Å². The summed E-state index contributed by atoms with van der Waals surface area (Å²) in [5, 5.41) is 0. The predicted octanol–water partition coefficient (Wildman–Crippen LogP) is 2.63. The van der Waals surface area contributed by atoms with Crippen molar-refractivity contribution < 1.29 is 0 Å². The third kappa shape index (κ3) is 2.14. The van der Waals surface area contributed by atoms with E-state index in [-0.39, 0.29) is 0 Å². The fourth-order valence-electron chi connectivity index (χ4n) is 4.17. The Morgan fingerprint density at radius 1 is 1.12 bits per heavy atom. The average molecular weight is 224 g/mol. The van der Waals surface area contributed by atoms with Crippen LogP contribution in [0.3, 0.4) is 0 Å². The van der Waals surface area contributed by atoms with Gasteiger partial charge in [-0.05, 0) is 57.7 Å². The van der Waals surface area contributed by atoms with E-state index in [4.69, 9.17) is 5.73 Å². The van der Waals surface area contributed by atoms with Gasteiger partial charge in [0.2, 0.25) is 0 Å². The van der Waals surface area contributed by atoms with E-state index in [1.165, 1.54) is 51.4 Å². The van der Waals surface area contributed by atoms with Gasteiger partial charge in [-0.15, -0.1) is 0 Å². The van der Waals surface area contributed by atoms with Gasteiger partial charge in [-0.25, -0.2) is 0 Å². The van der Waals surface area contributed by atoms with Crippen LogP contribution < -0.4 is 5.73 Å². The maximum Gasteiger partial charge on any atom is 0.0186 e. The number of hydrogen-bond acceptors (Lipinski definition) is 2. The molecule has 2 rings (SSSR count). The molecule has 0 saturated heterocycles. The molecule has 0 aromatic carbocycles. The molecule has 1 atom stereocenters. The Morgan fingerprint density at radius 3 is 2.12 bits per heavy atom. The minimum atomic E-state index is 0.464. The van der Waals surface area contributed by atoms with Crippen LogP contribution in [0, 0.1) is 11.3 Å². The van der Waals surface area contributed by atoms with Gasteiger partial charge in [0, 0.05) is 6.04 Å². The summed E-state index contributed by atoms with van der Waals surface area (Å²) >= 11 is 0. The number of nitrogens with zero attached hydrogens (tertiary/aromatic N) is 1. The minimum absolute atomic E-state index is 0.464. The topological polar surface area (TPSA) is 29.3 Å². The molecular formula is C14H28N2. The Balaban J connectivity index is 2.09. The number of nitrogens with two attached hydrogens (primary N) is 1. The van der Waals surface area contributed by atoms with E-state index < -0.39 is 0 Å². The van der Waals surface area contributed by atoms with Crippen LogP contribution in [0.1, 0.15) is 51.4 Å². The van der Waals surface area contributed by atoms with E-state index in [2.05, 4.69) is 19.0 Å². The van der Waals surface area contributed by atoms with E-state index in [9.17, 15) is 0 Å². The molecule has 0 amide bonds. The quantitative estimate of drug-likeness (QED) is 0.795. The normalized spacial score (nSPS) is 27.8. The predicted molar refractivity (Wildman–Crippen MR) is 69.4 cm³/mol. The van der Waals surface area contributed by atoms with Crippen LogP contribution in [0.4, 0.5) is 0 Å². The maximum absolute atomic E-state index is 6.09. The lowest BCUT2D eigenvalue weighted by Crippen LogP contribution is -2.56. The standard InChI is InChI=1S/C14H28N2/c1-16(2)13(12-7-4-3-5-8-12)14(11-15)9-6-10-14/h12-13H,3-11,15H2,1-2H3. The van der Waals surface area contributed by atoms with Crippen LogP contribution in [0.25, 0.3) is 0 Å². The zero-order chi connectivity index (χ0) is 11.6. The highest BCUT2D eigenvalue weighted by Gasteiger charge is 2.47. The van der Waals surface area contributed by atoms with E-state index in [1.807, 2.05) is 0 Å². The van der Waals surface area contributed by atoms with Gasteiger partial charge < -0.3 is 10.6 Å². The Bertz CT molecular complexity index is 209. The van der Waals surface area contributed by atoms with E-state index in [0.29, 0.717) is 5.41 Å².